The van der Waals surface area contributed by atoms with Crippen molar-refractivity contribution in [2.24, 2.45) is 5.73 Å². The van der Waals surface area contributed by atoms with Gasteiger partial charge in [-0.2, -0.15) is 0 Å². The van der Waals surface area contributed by atoms with Crippen LogP contribution >= 0.6 is 0 Å². The molecular formula is C14H14FN3O. The molecule has 5 heteroatoms. The smallest absolute Gasteiger partial charge is 0.141 e. The molecule has 98 valence electrons. The molecule has 0 bridgehead atoms. The van der Waals surface area contributed by atoms with Crippen LogP contribution in [-0.2, 0) is 6.61 Å². The van der Waals surface area contributed by atoms with E-state index < -0.39 is 0 Å². The molecule has 0 saturated heterocycles. The van der Waals surface area contributed by atoms with Crippen LogP contribution < -0.4 is 10.5 Å². The number of amidine groups is 1. The fraction of sp³-hybridized carbons (Fsp3) is 0.143. The van der Waals surface area contributed by atoms with Gasteiger partial charge < -0.3 is 10.5 Å². The lowest BCUT2D eigenvalue weighted by molar-refractivity contribution is 0.302. The second-order valence-corrected chi connectivity index (χ2v) is 4.16. The summed E-state index contributed by atoms with van der Waals surface area (Å²) < 4.78 is 18.7. The van der Waals surface area contributed by atoms with Gasteiger partial charge in [0.25, 0.3) is 0 Å². The molecule has 0 radical (unpaired) electrons. The summed E-state index contributed by atoms with van der Waals surface area (Å²) in [6.45, 7) is 2.12. The normalized spacial score (nSPS) is 10.2. The summed E-state index contributed by atoms with van der Waals surface area (Å²) in [5.41, 5.74) is 7.45. The summed E-state index contributed by atoms with van der Waals surface area (Å²) in [7, 11) is 0. The summed E-state index contributed by atoms with van der Waals surface area (Å²) in [6, 6.07) is 7.85. The quantitative estimate of drug-likeness (QED) is 0.654. The first kappa shape index (κ1) is 13.0. The number of aryl methyl sites for hydroxylation is 1. The molecule has 19 heavy (non-hydrogen) atoms. The maximum atomic E-state index is 13.1. The van der Waals surface area contributed by atoms with Gasteiger partial charge in [0, 0.05) is 12.3 Å². The number of nitrogens with one attached hydrogen (secondary N) is 1. The molecular weight excluding hydrogens is 245 g/mol. The molecule has 0 aliphatic carbocycles. The zero-order chi connectivity index (χ0) is 13.8. The van der Waals surface area contributed by atoms with E-state index >= 15 is 0 Å². The number of hydrogen-bond donors (Lipinski definition) is 2. The zero-order valence-electron chi connectivity index (χ0n) is 10.5. The van der Waals surface area contributed by atoms with Crippen molar-refractivity contribution in [2.45, 2.75) is 13.5 Å². The second kappa shape index (κ2) is 5.48. The molecule has 4 nitrogen and oxygen atoms in total. The van der Waals surface area contributed by atoms with Crippen LogP contribution in [0.4, 0.5) is 4.39 Å². The number of nitrogens with two attached hydrogens (primary N) is 1. The van der Waals surface area contributed by atoms with Gasteiger partial charge in [0.2, 0.25) is 0 Å². The molecule has 0 saturated carbocycles. The first-order valence-electron chi connectivity index (χ1n) is 5.74. The minimum Gasteiger partial charge on any atom is -0.489 e. The van der Waals surface area contributed by atoms with Crippen molar-refractivity contribution < 1.29 is 9.13 Å². The third-order valence-corrected chi connectivity index (χ3v) is 2.64. The first-order valence-corrected chi connectivity index (χ1v) is 5.74. The van der Waals surface area contributed by atoms with Gasteiger partial charge in [-0.15, -0.1) is 0 Å². The van der Waals surface area contributed by atoms with Crippen LogP contribution in [0.1, 0.15) is 16.8 Å². The van der Waals surface area contributed by atoms with Gasteiger partial charge in [0.1, 0.15) is 29.7 Å². The lowest BCUT2D eigenvalue weighted by Crippen LogP contribution is -2.13. The molecule has 0 amide bonds. The molecule has 1 aromatic carbocycles. The molecule has 0 atom stereocenters. The standard InChI is InChI=1S/C14H14FN3O/c1-9-2-3-11(15)7-13(9)19-8-10-4-5-18-12(6-10)14(16)17/h2-7H,8H2,1H3,(H3,16,17). The van der Waals surface area contributed by atoms with Gasteiger partial charge in [-0.1, -0.05) is 6.07 Å². The molecule has 2 rings (SSSR count). The zero-order valence-corrected chi connectivity index (χ0v) is 10.5. The summed E-state index contributed by atoms with van der Waals surface area (Å²) in [5.74, 6) is 0.0738. The van der Waals surface area contributed by atoms with Crippen LogP contribution in [0.3, 0.4) is 0 Å². The van der Waals surface area contributed by atoms with E-state index in [0.29, 0.717) is 11.4 Å². The third kappa shape index (κ3) is 3.28. The molecule has 1 aromatic heterocycles. The highest BCUT2D eigenvalue weighted by atomic mass is 19.1. The highest BCUT2D eigenvalue weighted by molar-refractivity contribution is 5.93. The van der Waals surface area contributed by atoms with Gasteiger partial charge in [-0.3, -0.25) is 10.4 Å². The molecule has 1 heterocycles. The number of nitrogen functional groups attached to an aromatic ring is 1. The van der Waals surface area contributed by atoms with E-state index in [9.17, 15) is 4.39 Å². The monoisotopic (exact) mass is 259 g/mol. The Morgan fingerprint density at radius 2 is 2.16 bits per heavy atom. The van der Waals surface area contributed by atoms with E-state index in [4.69, 9.17) is 15.9 Å². The Bertz CT molecular complexity index is 613. The van der Waals surface area contributed by atoms with Crippen LogP contribution in [0, 0.1) is 18.2 Å². The highest BCUT2D eigenvalue weighted by Gasteiger charge is 2.04. The van der Waals surface area contributed by atoms with Crippen molar-refractivity contribution in [2.75, 3.05) is 0 Å². The van der Waals surface area contributed by atoms with E-state index in [1.807, 2.05) is 6.92 Å². The van der Waals surface area contributed by atoms with Crippen molar-refractivity contribution in [1.29, 1.82) is 5.41 Å². The maximum Gasteiger partial charge on any atom is 0.141 e. The average molecular weight is 259 g/mol. The van der Waals surface area contributed by atoms with Crippen LogP contribution in [0.2, 0.25) is 0 Å². The fourth-order valence-corrected chi connectivity index (χ4v) is 1.60. The van der Waals surface area contributed by atoms with Crippen molar-refractivity contribution >= 4 is 5.84 Å². The summed E-state index contributed by atoms with van der Waals surface area (Å²) >= 11 is 0. The molecule has 0 spiro atoms. The van der Waals surface area contributed by atoms with E-state index in [-0.39, 0.29) is 18.3 Å². The summed E-state index contributed by atoms with van der Waals surface area (Å²) in [6.07, 6.45) is 1.56. The Morgan fingerprint density at radius 1 is 1.37 bits per heavy atom. The molecule has 0 aliphatic rings. The number of halogens is 1. The predicted molar refractivity (Wildman–Crippen MR) is 70.7 cm³/mol. The molecule has 0 aliphatic heterocycles. The Balaban J connectivity index is 2.12. The molecule has 0 unspecified atom stereocenters. The Morgan fingerprint density at radius 3 is 2.89 bits per heavy atom. The molecule has 3 N–H and O–H groups in total. The lowest BCUT2D eigenvalue weighted by Gasteiger charge is -2.09. The Hall–Kier alpha value is -2.43. The number of pyridine rings is 1. The number of ether oxygens (including phenoxy) is 1. The highest BCUT2D eigenvalue weighted by Crippen LogP contribution is 2.20. The van der Waals surface area contributed by atoms with Crippen LogP contribution in [0.15, 0.2) is 36.5 Å². The number of hydrogen-bond acceptors (Lipinski definition) is 3. The van der Waals surface area contributed by atoms with Gasteiger partial charge in [-0.25, -0.2) is 4.39 Å². The number of benzene rings is 1. The van der Waals surface area contributed by atoms with Crippen LogP contribution in [-0.4, -0.2) is 10.8 Å². The Kier molecular flexibility index (Phi) is 3.75. The van der Waals surface area contributed by atoms with E-state index in [1.54, 1.807) is 24.4 Å². The summed E-state index contributed by atoms with van der Waals surface area (Å²) in [4.78, 5) is 3.96. The largest absolute Gasteiger partial charge is 0.489 e. The number of nitrogens with zero attached hydrogens (tertiary/aromatic N) is 1. The van der Waals surface area contributed by atoms with E-state index in [0.717, 1.165) is 11.1 Å². The SMILES string of the molecule is Cc1ccc(F)cc1OCc1ccnc(C(=N)N)c1. The van der Waals surface area contributed by atoms with Gasteiger partial charge in [-0.05, 0) is 36.2 Å². The summed E-state index contributed by atoms with van der Waals surface area (Å²) in [5, 5.41) is 7.32. The Labute approximate surface area is 110 Å². The minimum atomic E-state index is -0.334. The van der Waals surface area contributed by atoms with E-state index in [1.165, 1.54) is 12.1 Å². The van der Waals surface area contributed by atoms with Crippen LogP contribution in [0.25, 0.3) is 0 Å². The topological polar surface area (TPSA) is 72.0 Å². The van der Waals surface area contributed by atoms with Gasteiger partial charge in [0.05, 0.1) is 0 Å². The molecule has 2 aromatic rings. The fourth-order valence-electron chi connectivity index (χ4n) is 1.60. The van der Waals surface area contributed by atoms with Crippen LogP contribution in [0.5, 0.6) is 5.75 Å². The van der Waals surface area contributed by atoms with Gasteiger partial charge in [0.15, 0.2) is 0 Å². The number of rotatable bonds is 4. The maximum absolute atomic E-state index is 13.1. The predicted octanol–water partition coefficient (Wildman–Crippen LogP) is 2.39. The van der Waals surface area contributed by atoms with Gasteiger partial charge >= 0.3 is 0 Å². The van der Waals surface area contributed by atoms with Crippen molar-refractivity contribution in [1.82, 2.24) is 4.98 Å². The lowest BCUT2D eigenvalue weighted by atomic mass is 10.2. The molecule has 0 fully saturated rings. The van der Waals surface area contributed by atoms with Crippen molar-refractivity contribution in [3.05, 3.63) is 59.2 Å². The average Bonchev–Trinajstić information content (AvgIpc) is 2.40. The first-order chi connectivity index (χ1) is 9.06. The van der Waals surface area contributed by atoms with Crippen molar-refractivity contribution in [3.63, 3.8) is 0 Å². The minimum absolute atomic E-state index is 0.0937. The number of aromatic nitrogens is 1. The van der Waals surface area contributed by atoms with E-state index in [2.05, 4.69) is 4.98 Å². The van der Waals surface area contributed by atoms with Crippen molar-refractivity contribution in [3.8, 4) is 5.75 Å². The second-order valence-electron chi connectivity index (χ2n) is 4.16. The third-order valence-electron chi connectivity index (χ3n) is 2.64.